The number of hydrogen-bond acceptors (Lipinski definition) is 3. The zero-order valence-corrected chi connectivity index (χ0v) is 11.5. The number of aliphatic imine (C=N–C) groups is 1. The van der Waals surface area contributed by atoms with Gasteiger partial charge in [-0.25, -0.2) is 0 Å². The van der Waals surface area contributed by atoms with E-state index in [-0.39, 0.29) is 11.9 Å². The molecule has 4 heteroatoms. The average molecular weight is 280 g/mol. The Hall–Kier alpha value is -2.20. The van der Waals surface area contributed by atoms with Crippen LogP contribution < -0.4 is 5.32 Å². The molecule has 0 spiro atoms. The molecule has 0 saturated heterocycles. The normalized spacial score (nSPS) is 20.9. The topological polar surface area (TPSA) is 41.5 Å². The fraction of sp³-hybridized carbons (Fsp3) is 0.125. The van der Waals surface area contributed by atoms with Crippen molar-refractivity contribution >= 4 is 23.0 Å². The van der Waals surface area contributed by atoms with Gasteiger partial charge in [0.25, 0.3) is 5.91 Å². The van der Waals surface area contributed by atoms with Gasteiger partial charge in [-0.2, -0.15) is 0 Å². The first-order valence-electron chi connectivity index (χ1n) is 6.52. The number of nitrogens with zero attached hydrogens (tertiary/aromatic N) is 1. The lowest BCUT2D eigenvalue weighted by atomic mass is 9.99. The maximum absolute atomic E-state index is 12.3. The largest absolute Gasteiger partial charge is 0.340 e. The molecule has 0 radical (unpaired) electrons. The lowest BCUT2D eigenvalue weighted by molar-refractivity contribution is -0.116. The van der Waals surface area contributed by atoms with E-state index in [2.05, 4.69) is 16.4 Å². The number of rotatable bonds is 2. The van der Waals surface area contributed by atoms with Gasteiger partial charge in [-0.05, 0) is 17.0 Å². The second kappa shape index (κ2) is 4.42. The molecule has 98 valence electrons. The Bertz CT molecular complexity index is 729. The van der Waals surface area contributed by atoms with Crippen LogP contribution in [0.25, 0.3) is 0 Å². The van der Waals surface area contributed by atoms with E-state index in [0.717, 1.165) is 22.4 Å². The quantitative estimate of drug-likeness (QED) is 0.903. The molecule has 1 aromatic carbocycles. The summed E-state index contributed by atoms with van der Waals surface area (Å²) >= 11 is 1.67. The van der Waals surface area contributed by atoms with Crippen molar-refractivity contribution in [3.05, 3.63) is 69.4 Å². The first-order valence-corrected chi connectivity index (χ1v) is 7.40. The van der Waals surface area contributed by atoms with E-state index in [1.165, 1.54) is 4.88 Å². The molecule has 1 aromatic heterocycles. The van der Waals surface area contributed by atoms with Crippen molar-refractivity contribution < 1.29 is 4.79 Å². The molecule has 1 atom stereocenters. The van der Waals surface area contributed by atoms with Crippen molar-refractivity contribution in [2.24, 2.45) is 4.99 Å². The molecule has 2 aliphatic rings. The highest BCUT2D eigenvalue weighted by atomic mass is 32.1. The van der Waals surface area contributed by atoms with Gasteiger partial charge in [0, 0.05) is 10.4 Å². The monoisotopic (exact) mass is 280 g/mol. The molecular weight excluding hydrogens is 268 g/mol. The Labute approximate surface area is 120 Å². The van der Waals surface area contributed by atoms with E-state index in [9.17, 15) is 4.79 Å². The van der Waals surface area contributed by atoms with Crippen molar-refractivity contribution in [3.8, 4) is 0 Å². The summed E-state index contributed by atoms with van der Waals surface area (Å²) in [5, 5.41) is 5.11. The van der Waals surface area contributed by atoms with Crippen LogP contribution in [0.2, 0.25) is 0 Å². The van der Waals surface area contributed by atoms with E-state index in [0.29, 0.717) is 6.54 Å². The first kappa shape index (κ1) is 11.6. The number of benzene rings is 1. The van der Waals surface area contributed by atoms with Crippen LogP contribution in [0.1, 0.15) is 16.5 Å². The number of nitrogens with one attached hydrogen (secondary N) is 1. The summed E-state index contributed by atoms with van der Waals surface area (Å²) in [5.41, 5.74) is 3.72. The average Bonchev–Trinajstić information content (AvgIpc) is 3.18. The predicted octanol–water partition coefficient (Wildman–Crippen LogP) is 2.72. The Kier molecular flexibility index (Phi) is 2.57. The van der Waals surface area contributed by atoms with Crippen molar-refractivity contribution in [2.45, 2.75) is 6.04 Å². The van der Waals surface area contributed by atoms with Gasteiger partial charge in [0.15, 0.2) is 0 Å². The van der Waals surface area contributed by atoms with E-state index in [1.807, 2.05) is 41.8 Å². The molecule has 2 aromatic rings. The zero-order valence-electron chi connectivity index (χ0n) is 10.7. The minimum absolute atomic E-state index is 0.00139. The fourth-order valence-corrected chi connectivity index (χ4v) is 3.59. The van der Waals surface area contributed by atoms with Crippen molar-refractivity contribution in [3.63, 3.8) is 0 Å². The van der Waals surface area contributed by atoms with Gasteiger partial charge in [0.1, 0.15) is 0 Å². The van der Waals surface area contributed by atoms with Gasteiger partial charge < -0.3 is 5.32 Å². The van der Waals surface area contributed by atoms with Crippen LogP contribution in [-0.2, 0) is 4.79 Å². The van der Waals surface area contributed by atoms with Crippen LogP contribution in [0.15, 0.2) is 64.0 Å². The number of thiophene rings is 1. The molecule has 20 heavy (non-hydrogen) atoms. The number of hydrogen-bond donors (Lipinski definition) is 1. The van der Waals surface area contributed by atoms with E-state index >= 15 is 0 Å². The molecule has 3 heterocycles. The number of amides is 1. The Morgan fingerprint density at radius 2 is 2.00 bits per heavy atom. The molecule has 1 unspecified atom stereocenters. The van der Waals surface area contributed by atoms with Crippen LogP contribution in [0.4, 0.5) is 0 Å². The smallest absolute Gasteiger partial charge is 0.254 e. The maximum atomic E-state index is 12.3. The molecule has 1 N–H and O–H groups in total. The van der Waals surface area contributed by atoms with E-state index in [4.69, 9.17) is 0 Å². The lowest BCUT2D eigenvalue weighted by Crippen LogP contribution is -2.24. The van der Waals surface area contributed by atoms with Gasteiger partial charge in [0.2, 0.25) is 0 Å². The van der Waals surface area contributed by atoms with Crippen LogP contribution in [0.3, 0.4) is 0 Å². The Morgan fingerprint density at radius 3 is 2.75 bits per heavy atom. The molecule has 3 nitrogen and oxygen atoms in total. The Morgan fingerprint density at radius 1 is 1.15 bits per heavy atom. The summed E-state index contributed by atoms with van der Waals surface area (Å²) in [6.07, 6.45) is 0. The molecular formula is C16H12N2OS. The summed E-state index contributed by atoms with van der Waals surface area (Å²) in [6.45, 7) is 0.612. The summed E-state index contributed by atoms with van der Waals surface area (Å²) in [4.78, 5) is 18.1. The zero-order chi connectivity index (χ0) is 13.5. The van der Waals surface area contributed by atoms with Gasteiger partial charge in [-0.1, -0.05) is 36.4 Å². The fourth-order valence-electron chi connectivity index (χ4n) is 2.78. The third-order valence-corrected chi connectivity index (χ3v) is 4.63. The molecule has 0 bridgehead atoms. The van der Waals surface area contributed by atoms with Crippen molar-refractivity contribution in [1.82, 2.24) is 5.32 Å². The highest BCUT2D eigenvalue weighted by molar-refractivity contribution is 7.10. The van der Waals surface area contributed by atoms with Crippen LogP contribution in [0, 0.1) is 0 Å². The summed E-state index contributed by atoms with van der Waals surface area (Å²) < 4.78 is 0. The minimum Gasteiger partial charge on any atom is -0.340 e. The van der Waals surface area contributed by atoms with E-state index in [1.54, 1.807) is 11.3 Å². The SMILES string of the molecule is O=C1NC(c2cccs2)C2=C1C(c1ccccc1)=NC2. The second-order valence-electron chi connectivity index (χ2n) is 4.85. The predicted molar refractivity (Wildman–Crippen MR) is 80.1 cm³/mol. The molecule has 4 rings (SSSR count). The molecule has 2 aliphatic heterocycles. The Balaban J connectivity index is 1.77. The summed E-state index contributed by atoms with van der Waals surface area (Å²) in [7, 11) is 0. The third kappa shape index (κ3) is 1.65. The minimum atomic E-state index is -0.00139. The van der Waals surface area contributed by atoms with Crippen LogP contribution in [-0.4, -0.2) is 18.2 Å². The maximum Gasteiger partial charge on any atom is 0.254 e. The summed E-state index contributed by atoms with van der Waals surface area (Å²) in [5.74, 6) is -0.00139. The highest BCUT2D eigenvalue weighted by Gasteiger charge is 2.38. The highest BCUT2D eigenvalue weighted by Crippen LogP contribution is 2.37. The lowest BCUT2D eigenvalue weighted by Gasteiger charge is -2.11. The molecule has 1 amide bonds. The van der Waals surface area contributed by atoms with Crippen molar-refractivity contribution in [1.29, 1.82) is 0 Å². The van der Waals surface area contributed by atoms with Crippen LogP contribution in [0.5, 0.6) is 0 Å². The van der Waals surface area contributed by atoms with Gasteiger partial charge in [0.05, 0.1) is 23.9 Å². The van der Waals surface area contributed by atoms with Gasteiger partial charge >= 0.3 is 0 Å². The molecule has 0 saturated carbocycles. The van der Waals surface area contributed by atoms with Crippen molar-refractivity contribution in [2.75, 3.05) is 6.54 Å². The van der Waals surface area contributed by atoms with Crippen LogP contribution >= 0.6 is 11.3 Å². The molecule has 0 fully saturated rings. The van der Waals surface area contributed by atoms with E-state index < -0.39 is 0 Å². The summed E-state index contributed by atoms with van der Waals surface area (Å²) in [6, 6.07) is 14.0. The van der Waals surface area contributed by atoms with Gasteiger partial charge in [-0.15, -0.1) is 11.3 Å². The standard InChI is InChI=1S/C16H12N2OS/c19-16-13-11(15(18-16)12-7-4-8-20-12)9-17-14(13)10-5-2-1-3-6-10/h1-8,15H,9H2,(H,18,19). The number of carbonyl (C=O) groups is 1. The molecule has 0 aliphatic carbocycles. The third-order valence-electron chi connectivity index (χ3n) is 3.69. The number of carbonyl (C=O) groups excluding carboxylic acids is 1. The second-order valence-corrected chi connectivity index (χ2v) is 5.83. The first-order chi connectivity index (χ1) is 9.84. The van der Waals surface area contributed by atoms with Gasteiger partial charge in [-0.3, -0.25) is 9.79 Å².